The lowest BCUT2D eigenvalue weighted by molar-refractivity contribution is -0.162. The fourth-order valence-corrected chi connectivity index (χ4v) is 3.50. The van der Waals surface area contributed by atoms with Crippen molar-refractivity contribution < 1.29 is 23.9 Å². The van der Waals surface area contributed by atoms with Crippen LogP contribution in [0.4, 0.5) is 0 Å². The number of amides is 1. The highest BCUT2D eigenvalue weighted by Crippen LogP contribution is 2.34. The monoisotopic (exact) mass is 325 g/mol. The van der Waals surface area contributed by atoms with Gasteiger partial charge < -0.3 is 14.4 Å². The highest BCUT2D eigenvalue weighted by molar-refractivity contribution is 6.01. The van der Waals surface area contributed by atoms with Gasteiger partial charge in [0.05, 0.1) is 18.8 Å². The van der Waals surface area contributed by atoms with E-state index in [4.69, 9.17) is 9.47 Å². The summed E-state index contributed by atoms with van der Waals surface area (Å²) in [5.74, 6) is -2.08. The average molecular weight is 325 g/mol. The van der Waals surface area contributed by atoms with Gasteiger partial charge >= 0.3 is 5.97 Å². The van der Waals surface area contributed by atoms with Crippen molar-refractivity contribution >= 4 is 17.7 Å². The van der Waals surface area contributed by atoms with E-state index in [0.29, 0.717) is 19.7 Å². The van der Waals surface area contributed by atoms with E-state index in [1.807, 2.05) is 0 Å². The highest BCUT2D eigenvalue weighted by Gasteiger charge is 2.40. The van der Waals surface area contributed by atoms with E-state index < -0.39 is 11.9 Å². The third-order valence-corrected chi connectivity index (χ3v) is 4.81. The topological polar surface area (TPSA) is 72.9 Å². The van der Waals surface area contributed by atoms with Gasteiger partial charge in [0.25, 0.3) is 0 Å². The van der Waals surface area contributed by atoms with Gasteiger partial charge in [0.15, 0.2) is 0 Å². The van der Waals surface area contributed by atoms with Crippen LogP contribution in [0, 0.1) is 5.92 Å². The van der Waals surface area contributed by atoms with Crippen molar-refractivity contribution in [3.63, 3.8) is 0 Å². The first-order valence-electron chi connectivity index (χ1n) is 8.56. The number of esters is 1. The summed E-state index contributed by atoms with van der Waals surface area (Å²) in [6.45, 7) is 4.84. The van der Waals surface area contributed by atoms with Gasteiger partial charge in [0.1, 0.15) is 11.7 Å². The van der Waals surface area contributed by atoms with Crippen molar-refractivity contribution in [2.24, 2.45) is 5.92 Å². The second-order valence-corrected chi connectivity index (χ2v) is 6.53. The van der Waals surface area contributed by atoms with E-state index in [9.17, 15) is 14.4 Å². The number of carbonyl (C=O) groups is 3. The Morgan fingerprint density at radius 2 is 1.91 bits per heavy atom. The van der Waals surface area contributed by atoms with Crippen molar-refractivity contribution in [3.8, 4) is 0 Å². The molecule has 2 fully saturated rings. The zero-order valence-corrected chi connectivity index (χ0v) is 14.1. The standard InChI is InChI=1S/C17H27NO5/c1-3-22-16(21)14(13(2)19)11-15(20)18-9-10-23-17(12-18)7-5-4-6-8-17/h14H,3-12H2,1-2H3/t14-/m1/s1. The Balaban J connectivity index is 1.98. The predicted molar refractivity (Wildman–Crippen MR) is 83.8 cm³/mol. The molecule has 0 N–H and O–H groups in total. The van der Waals surface area contributed by atoms with Crippen molar-refractivity contribution in [1.82, 2.24) is 4.90 Å². The molecule has 2 aliphatic rings. The molecule has 1 atom stereocenters. The molecule has 1 heterocycles. The van der Waals surface area contributed by atoms with Crippen LogP contribution in [0.2, 0.25) is 0 Å². The summed E-state index contributed by atoms with van der Waals surface area (Å²) < 4.78 is 10.9. The number of Topliss-reactive ketones (excluding diaryl/α,β-unsaturated/α-hetero) is 1. The summed E-state index contributed by atoms with van der Waals surface area (Å²) in [7, 11) is 0. The molecular formula is C17H27NO5. The van der Waals surface area contributed by atoms with Crippen LogP contribution in [0.1, 0.15) is 52.4 Å². The molecule has 6 heteroatoms. The minimum atomic E-state index is -0.993. The molecule has 1 spiro atoms. The van der Waals surface area contributed by atoms with Gasteiger partial charge in [-0.15, -0.1) is 0 Å². The van der Waals surface area contributed by atoms with E-state index >= 15 is 0 Å². The first kappa shape index (κ1) is 17.9. The number of carbonyl (C=O) groups excluding carboxylic acids is 3. The normalized spacial score (nSPS) is 21.7. The molecule has 0 aromatic carbocycles. The van der Waals surface area contributed by atoms with Gasteiger partial charge in [0.2, 0.25) is 5.91 Å². The first-order valence-corrected chi connectivity index (χ1v) is 8.56. The van der Waals surface area contributed by atoms with Crippen molar-refractivity contribution in [2.75, 3.05) is 26.3 Å². The first-order chi connectivity index (χ1) is 11.0. The molecule has 2 rings (SSSR count). The average Bonchev–Trinajstić information content (AvgIpc) is 2.53. The number of ether oxygens (including phenoxy) is 2. The maximum absolute atomic E-state index is 12.6. The second kappa shape index (κ2) is 7.90. The Bertz CT molecular complexity index is 450. The molecule has 130 valence electrons. The molecule has 0 aromatic heterocycles. The SMILES string of the molecule is CCOC(=O)[C@H](CC(=O)N1CCOC2(CCCCC2)C1)C(C)=O. The van der Waals surface area contributed by atoms with Crippen LogP contribution >= 0.6 is 0 Å². The van der Waals surface area contributed by atoms with Crippen LogP contribution in [-0.2, 0) is 23.9 Å². The molecule has 1 amide bonds. The van der Waals surface area contributed by atoms with Gasteiger partial charge in [-0.2, -0.15) is 0 Å². The van der Waals surface area contributed by atoms with Crippen LogP contribution in [0.3, 0.4) is 0 Å². The van der Waals surface area contributed by atoms with Crippen molar-refractivity contribution in [1.29, 1.82) is 0 Å². The van der Waals surface area contributed by atoms with E-state index in [2.05, 4.69) is 0 Å². The van der Waals surface area contributed by atoms with Crippen LogP contribution in [0.15, 0.2) is 0 Å². The third-order valence-electron chi connectivity index (χ3n) is 4.81. The van der Waals surface area contributed by atoms with Gasteiger partial charge in [-0.3, -0.25) is 14.4 Å². The summed E-state index contributed by atoms with van der Waals surface area (Å²) in [6.07, 6.45) is 5.32. The number of rotatable bonds is 5. The molecule has 0 bridgehead atoms. The van der Waals surface area contributed by atoms with E-state index in [0.717, 1.165) is 25.7 Å². The molecule has 1 saturated heterocycles. The zero-order chi connectivity index (χ0) is 16.9. The molecular weight excluding hydrogens is 298 g/mol. The van der Waals surface area contributed by atoms with E-state index in [1.165, 1.54) is 13.3 Å². The Kier molecular flexibility index (Phi) is 6.16. The lowest BCUT2D eigenvalue weighted by Gasteiger charge is -2.45. The Labute approximate surface area is 137 Å². The number of ketones is 1. The smallest absolute Gasteiger partial charge is 0.316 e. The van der Waals surface area contributed by atoms with Crippen LogP contribution < -0.4 is 0 Å². The fourth-order valence-electron chi connectivity index (χ4n) is 3.50. The van der Waals surface area contributed by atoms with Gasteiger partial charge in [-0.1, -0.05) is 19.3 Å². The summed E-state index contributed by atoms with van der Waals surface area (Å²) in [5.41, 5.74) is -0.220. The molecule has 23 heavy (non-hydrogen) atoms. The second-order valence-electron chi connectivity index (χ2n) is 6.53. The molecule has 6 nitrogen and oxygen atoms in total. The Morgan fingerprint density at radius 3 is 2.52 bits per heavy atom. The molecule has 0 aromatic rings. The largest absolute Gasteiger partial charge is 0.465 e. The number of hydrogen-bond acceptors (Lipinski definition) is 5. The minimum Gasteiger partial charge on any atom is -0.465 e. The molecule has 1 aliphatic heterocycles. The lowest BCUT2D eigenvalue weighted by Crippen LogP contribution is -2.54. The Hall–Kier alpha value is -1.43. The Morgan fingerprint density at radius 1 is 1.22 bits per heavy atom. The van der Waals surface area contributed by atoms with Crippen molar-refractivity contribution in [3.05, 3.63) is 0 Å². The van der Waals surface area contributed by atoms with Crippen LogP contribution in [-0.4, -0.2) is 54.5 Å². The fraction of sp³-hybridized carbons (Fsp3) is 0.824. The quantitative estimate of drug-likeness (QED) is 0.568. The van der Waals surface area contributed by atoms with E-state index in [1.54, 1.807) is 11.8 Å². The number of hydrogen-bond donors (Lipinski definition) is 0. The summed E-state index contributed by atoms with van der Waals surface area (Å²) in [6, 6.07) is 0. The molecule has 1 saturated carbocycles. The highest BCUT2D eigenvalue weighted by atomic mass is 16.5. The summed E-state index contributed by atoms with van der Waals surface area (Å²) in [5, 5.41) is 0. The van der Waals surface area contributed by atoms with E-state index in [-0.39, 0.29) is 30.3 Å². The van der Waals surface area contributed by atoms with Crippen LogP contribution in [0.25, 0.3) is 0 Å². The van der Waals surface area contributed by atoms with Crippen molar-refractivity contribution in [2.45, 2.75) is 58.0 Å². The third kappa shape index (κ3) is 4.53. The predicted octanol–water partition coefficient (Wildman–Crippen LogP) is 1.71. The lowest BCUT2D eigenvalue weighted by atomic mass is 9.83. The van der Waals surface area contributed by atoms with Gasteiger partial charge in [-0.05, 0) is 26.7 Å². The molecule has 0 radical (unpaired) electrons. The molecule has 1 aliphatic carbocycles. The maximum Gasteiger partial charge on any atom is 0.316 e. The number of nitrogens with zero attached hydrogens (tertiary/aromatic N) is 1. The van der Waals surface area contributed by atoms with Gasteiger partial charge in [0, 0.05) is 19.5 Å². The van der Waals surface area contributed by atoms with Gasteiger partial charge in [-0.25, -0.2) is 0 Å². The number of morpholine rings is 1. The summed E-state index contributed by atoms with van der Waals surface area (Å²) >= 11 is 0. The molecule has 0 unspecified atom stereocenters. The minimum absolute atomic E-state index is 0.107. The summed E-state index contributed by atoms with van der Waals surface area (Å²) in [4.78, 5) is 37.8. The maximum atomic E-state index is 12.6. The zero-order valence-electron chi connectivity index (χ0n) is 14.1. The van der Waals surface area contributed by atoms with Crippen LogP contribution in [0.5, 0.6) is 0 Å².